The second-order valence-electron chi connectivity index (χ2n) is 3.95. The Balaban J connectivity index is 2.84. The van der Waals surface area contributed by atoms with Crippen LogP contribution < -0.4 is 11.1 Å². The monoisotopic (exact) mass is 274 g/mol. The summed E-state index contributed by atoms with van der Waals surface area (Å²) in [5.74, 6) is 0. The highest BCUT2D eigenvalue weighted by atomic mass is 32.2. The number of nitrogens with two attached hydrogens (primary N) is 1. The molecular weight excluding hydrogens is 256 g/mol. The lowest BCUT2D eigenvalue weighted by molar-refractivity contribution is 0.602. The molecule has 0 bridgehead atoms. The largest absolute Gasteiger partial charge is 0.397 e. The van der Waals surface area contributed by atoms with Crippen LogP contribution in [0.15, 0.2) is 23.1 Å². The van der Waals surface area contributed by atoms with Crippen molar-refractivity contribution >= 4 is 33.0 Å². The summed E-state index contributed by atoms with van der Waals surface area (Å²) in [7, 11) is -3.19. The van der Waals surface area contributed by atoms with E-state index < -0.39 is 9.84 Å². The second-order valence-corrected chi connectivity index (χ2v) is 7.24. The zero-order valence-electron chi connectivity index (χ0n) is 10.2. The average Bonchev–Trinajstić information content (AvgIpc) is 2.25. The van der Waals surface area contributed by atoms with Crippen molar-refractivity contribution in [3.05, 3.63) is 18.2 Å². The van der Waals surface area contributed by atoms with Crippen molar-refractivity contribution in [2.75, 3.05) is 30.1 Å². The molecule has 1 aromatic carbocycles. The molecule has 4 nitrogen and oxygen atoms in total. The van der Waals surface area contributed by atoms with Crippen LogP contribution in [0, 0.1) is 0 Å². The summed E-state index contributed by atoms with van der Waals surface area (Å²) < 4.78 is 22.7. The van der Waals surface area contributed by atoms with Gasteiger partial charge in [-0.15, -0.1) is 0 Å². The second kappa shape index (κ2) is 5.64. The van der Waals surface area contributed by atoms with E-state index in [4.69, 9.17) is 5.73 Å². The maximum Gasteiger partial charge on any atom is 0.175 e. The molecule has 0 fully saturated rings. The maximum atomic E-state index is 11.3. The summed E-state index contributed by atoms with van der Waals surface area (Å²) in [4.78, 5) is 0.249. The van der Waals surface area contributed by atoms with Crippen LogP contribution in [0.5, 0.6) is 0 Å². The Morgan fingerprint density at radius 1 is 1.47 bits per heavy atom. The maximum absolute atomic E-state index is 11.3. The Morgan fingerprint density at radius 2 is 2.12 bits per heavy atom. The van der Waals surface area contributed by atoms with E-state index in [1.165, 1.54) is 12.3 Å². The predicted molar refractivity (Wildman–Crippen MR) is 75.4 cm³/mol. The molecule has 3 N–H and O–H groups in total. The van der Waals surface area contributed by atoms with Gasteiger partial charge in [0.05, 0.1) is 16.3 Å². The minimum absolute atomic E-state index is 0.249. The van der Waals surface area contributed by atoms with Crippen LogP contribution >= 0.6 is 11.8 Å². The molecule has 0 amide bonds. The Kier molecular flexibility index (Phi) is 4.70. The molecule has 6 heteroatoms. The van der Waals surface area contributed by atoms with Gasteiger partial charge in [-0.2, -0.15) is 11.8 Å². The van der Waals surface area contributed by atoms with E-state index >= 15 is 0 Å². The number of hydrogen-bond acceptors (Lipinski definition) is 5. The Bertz CT molecular complexity index is 486. The molecule has 1 rings (SSSR count). The zero-order chi connectivity index (χ0) is 13.1. The number of anilines is 2. The predicted octanol–water partition coefficient (Wildman–Crippen LogP) is 1.84. The SMILES string of the molecule is CSC(C)CNc1ccc(S(C)(=O)=O)cc1N. The molecule has 17 heavy (non-hydrogen) atoms. The Labute approximate surface area is 107 Å². The lowest BCUT2D eigenvalue weighted by Gasteiger charge is -2.13. The summed E-state index contributed by atoms with van der Waals surface area (Å²) in [6.45, 7) is 2.91. The standard InChI is InChI=1S/C11H18N2O2S2/c1-8(16-2)7-13-11-5-4-9(6-10(11)12)17(3,14)15/h4-6,8,13H,7,12H2,1-3H3. The quantitative estimate of drug-likeness (QED) is 0.802. The van der Waals surface area contributed by atoms with Crippen LogP contribution in [0.4, 0.5) is 11.4 Å². The average molecular weight is 274 g/mol. The molecule has 0 saturated heterocycles. The molecule has 96 valence electrons. The molecule has 1 unspecified atom stereocenters. The number of benzene rings is 1. The Hall–Kier alpha value is -0.880. The smallest absolute Gasteiger partial charge is 0.175 e. The van der Waals surface area contributed by atoms with Crippen molar-refractivity contribution in [3.8, 4) is 0 Å². The molecule has 0 aromatic heterocycles. The van der Waals surface area contributed by atoms with Crippen molar-refractivity contribution in [1.29, 1.82) is 0 Å². The minimum Gasteiger partial charge on any atom is -0.397 e. The van der Waals surface area contributed by atoms with Gasteiger partial charge in [0, 0.05) is 18.1 Å². The van der Waals surface area contributed by atoms with Crippen molar-refractivity contribution in [1.82, 2.24) is 0 Å². The first-order valence-corrected chi connectivity index (χ1v) is 8.38. The fourth-order valence-corrected chi connectivity index (χ4v) is 2.18. The van der Waals surface area contributed by atoms with Crippen molar-refractivity contribution in [2.24, 2.45) is 0 Å². The van der Waals surface area contributed by atoms with Crippen molar-refractivity contribution < 1.29 is 8.42 Å². The van der Waals surface area contributed by atoms with Crippen molar-refractivity contribution in [2.45, 2.75) is 17.1 Å². The van der Waals surface area contributed by atoms with Gasteiger partial charge in [-0.05, 0) is 24.5 Å². The van der Waals surface area contributed by atoms with Gasteiger partial charge in [0.2, 0.25) is 0 Å². The Morgan fingerprint density at radius 3 is 2.59 bits per heavy atom. The van der Waals surface area contributed by atoms with Gasteiger partial charge in [-0.1, -0.05) is 6.92 Å². The third-order valence-corrected chi connectivity index (χ3v) is 4.52. The summed E-state index contributed by atoms with van der Waals surface area (Å²) in [5.41, 5.74) is 7.05. The topological polar surface area (TPSA) is 72.2 Å². The summed E-state index contributed by atoms with van der Waals surface area (Å²) in [6, 6.07) is 4.76. The molecule has 0 aliphatic heterocycles. The fraction of sp³-hybridized carbons (Fsp3) is 0.455. The third-order valence-electron chi connectivity index (χ3n) is 2.43. The molecular formula is C11H18N2O2S2. The molecule has 0 saturated carbocycles. The number of hydrogen-bond donors (Lipinski definition) is 2. The van der Waals surface area contributed by atoms with E-state index in [9.17, 15) is 8.42 Å². The number of thioether (sulfide) groups is 1. The van der Waals surface area contributed by atoms with Gasteiger partial charge in [-0.25, -0.2) is 8.42 Å². The van der Waals surface area contributed by atoms with Crippen LogP contribution in [-0.2, 0) is 9.84 Å². The molecule has 0 spiro atoms. The number of nitrogens with one attached hydrogen (secondary N) is 1. The normalized spacial score (nSPS) is 13.4. The number of nitrogen functional groups attached to an aromatic ring is 1. The molecule has 0 aliphatic carbocycles. The molecule has 1 atom stereocenters. The van der Waals surface area contributed by atoms with Gasteiger partial charge in [-0.3, -0.25) is 0 Å². The van der Waals surface area contributed by atoms with Gasteiger partial charge >= 0.3 is 0 Å². The van der Waals surface area contributed by atoms with E-state index in [-0.39, 0.29) is 4.90 Å². The van der Waals surface area contributed by atoms with Gasteiger partial charge in [0.15, 0.2) is 9.84 Å². The molecule has 1 aromatic rings. The van der Waals surface area contributed by atoms with E-state index in [1.54, 1.807) is 23.9 Å². The molecule has 0 heterocycles. The van der Waals surface area contributed by atoms with Gasteiger partial charge in [0.25, 0.3) is 0 Å². The van der Waals surface area contributed by atoms with E-state index in [2.05, 4.69) is 12.2 Å². The van der Waals surface area contributed by atoms with E-state index in [0.717, 1.165) is 12.2 Å². The lowest BCUT2D eigenvalue weighted by Crippen LogP contribution is -2.13. The van der Waals surface area contributed by atoms with Gasteiger partial charge < -0.3 is 11.1 Å². The number of sulfone groups is 1. The van der Waals surface area contributed by atoms with Crippen molar-refractivity contribution in [3.63, 3.8) is 0 Å². The number of rotatable bonds is 5. The fourth-order valence-electron chi connectivity index (χ4n) is 1.27. The van der Waals surface area contributed by atoms with E-state index in [1.807, 2.05) is 6.26 Å². The first kappa shape index (κ1) is 14.2. The molecule has 0 radical (unpaired) electrons. The first-order chi connectivity index (χ1) is 7.84. The van der Waals surface area contributed by atoms with Crippen LogP contribution in [0.1, 0.15) is 6.92 Å². The van der Waals surface area contributed by atoms with Crippen LogP contribution in [0.25, 0.3) is 0 Å². The lowest BCUT2D eigenvalue weighted by atomic mass is 10.2. The highest BCUT2D eigenvalue weighted by Crippen LogP contribution is 2.23. The van der Waals surface area contributed by atoms with Gasteiger partial charge in [0.1, 0.15) is 0 Å². The first-order valence-electron chi connectivity index (χ1n) is 5.21. The van der Waals surface area contributed by atoms with E-state index in [0.29, 0.717) is 10.9 Å². The minimum atomic E-state index is -3.19. The molecule has 0 aliphatic rings. The highest BCUT2D eigenvalue weighted by Gasteiger charge is 2.09. The highest BCUT2D eigenvalue weighted by molar-refractivity contribution is 7.99. The van der Waals surface area contributed by atoms with Crippen LogP contribution in [-0.4, -0.2) is 32.7 Å². The summed E-state index contributed by atoms with van der Waals surface area (Å²) >= 11 is 1.76. The summed E-state index contributed by atoms with van der Waals surface area (Å²) in [6.07, 6.45) is 3.22. The van der Waals surface area contributed by atoms with Crippen LogP contribution in [0.3, 0.4) is 0 Å². The van der Waals surface area contributed by atoms with Crippen LogP contribution in [0.2, 0.25) is 0 Å². The summed E-state index contributed by atoms with van der Waals surface area (Å²) in [5, 5.41) is 3.68. The third kappa shape index (κ3) is 4.12. The zero-order valence-corrected chi connectivity index (χ0v) is 11.9.